The quantitative estimate of drug-likeness (QED) is 0.672. The standard InChI is InChI=1S/C24H31ClO4/c1-5-20-22(26)23(27-4)15(3)29-24(20)17-9-12-21(25)18(14-17)13-16-7-10-19(11-8-16)28-6-2/h7-12,14-15,20,22-24,26H,5-6,13H2,1-4H3. The van der Waals surface area contributed by atoms with Crippen molar-refractivity contribution < 1.29 is 19.3 Å². The van der Waals surface area contributed by atoms with E-state index in [0.29, 0.717) is 6.61 Å². The number of hydrogen-bond acceptors (Lipinski definition) is 4. The van der Waals surface area contributed by atoms with Crippen LogP contribution in [0.4, 0.5) is 0 Å². The van der Waals surface area contributed by atoms with Crippen LogP contribution < -0.4 is 4.74 Å². The lowest BCUT2D eigenvalue weighted by Gasteiger charge is -2.43. The van der Waals surface area contributed by atoms with E-state index in [2.05, 4.69) is 25.1 Å². The summed E-state index contributed by atoms with van der Waals surface area (Å²) in [6.07, 6.45) is 0.271. The van der Waals surface area contributed by atoms with Gasteiger partial charge in [0.05, 0.1) is 24.9 Å². The third-order valence-corrected chi connectivity index (χ3v) is 6.13. The lowest BCUT2D eigenvalue weighted by molar-refractivity contribution is -0.205. The van der Waals surface area contributed by atoms with Crippen LogP contribution >= 0.6 is 11.6 Å². The third kappa shape index (κ3) is 4.95. The Labute approximate surface area is 178 Å². The summed E-state index contributed by atoms with van der Waals surface area (Å²) in [5.74, 6) is 0.837. The van der Waals surface area contributed by atoms with E-state index in [1.807, 2.05) is 38.1 Å². The van der Waals surface area contributed by atoms with Gasteiger partial charge in [-0.1, -0.05) is 42.8 Å². The van der Waals surface area contributed by atoms with E-state index in [1.54, 1.807) is 7.11 Å². The van der Waals surface area contributed by atoms with Gasteiger partial charge >= 0.3 is 0 Å². The Hall–Kier alpha value is -1.59. The summed E-state index contributed by atoms with van der Waals surface area (Å²) in [4.78, 5) is 0. The second-order valence-corrected chi connectivity index (χ2v) is 8.04. The predicted molar refractivity (Wildman–Crippen MR) is 116 cm³/mol. The van der Waals surface area contributed by atoms with Gasteiger partial charge in [-0.2, -0.15) is 0 Å². The Morgan fingerprint density at radius 3 is 2.45 bits per heavy atom. The average molecular weight is 419 g/mol. The first-order valence-electron chi connectivity index (χ1n) is 10.3. The second-order valence-electron chi connectivity index (χ2n) is 7.63. The SMILES string of the molecule is CCOc1ccc(Cc2cc(C3OC(C)C(OC)C(O)C3CC)ccc2Cl)cc1. The molecule has 0 radical (unpaired) electrons. The third-order valence-electron chi connectivity index (χ3n) is 5.76. The molecule has 5 heteroatoms. The zero-order valence-electron chi connectivity index (χ0n) is 17.6. The first kappa shape index (κ1) is 22.1. The molecular weight excluding hydrogens is 388 g/mol. The Morgan fingerprint density at radius 1 is 1.10 bits per heavy atom. The maximum absolute atomic E-state index is 10.8. The Bertz CT molecular complexity index is 792. The number of aliphatic hydroxyl groups is 1. The Balaban J connectivity index is 1.84. The van der Waals surface area contributed by atoms with Gasteiger partial charge in [-0.25, -0.2) is 0 Å². The number of aliphatic hydroxyl groups excluding tert-OH is 1. The van der Waals surface area contributed by atoms with Gasteiger partial charge in [-0.05, 0) is 61.6 Å². The molecule has 2 aromatic carbocycles. The molecule has 0 bridgehead atoms. The number of hydrogen-bond donors (Lipinski definition) is 1. The topological polar surface area (TPSA) is 47.9 Å². The average Bonchev–Trinajstić information content (AvgIpc) is 2.71. The van der Waals surface area contributed by atoms with Crippen LogP contribution in [-0.2, 0) is 15.9 Å². The summed E-state index contributed by atoms with van der Waals surface area (Å²) in [5.41, 5.74) is 3.25. The predicted octanol–water partition coefficient (Wildman–Crippen LogP) is 5.19. The van der Waals surface area contributed by atoms with Gasteiger partial charge in [0.2, 0.25) is 0 Å². The van der Waals surface area contributed by atoms with Crippen molar-refractivity contribution in [1.29, 1.82) is 0 Å². The molecular formula is C24H31ClO4. The fraction of sp³-hybridized carbons (Fsp3) is 0.500. The Morgan fingerprint density at radius 2 is 1.83 bits per heavy atom. The molecule has 29 heavy (non-hydrogen) atoms. The highest BCUT2D eigenvalue weighted by atomic mass is 35.5. The first-order chi connectivity index (χ1) is 14.0. The van der Waals surface area contributed by atoms with Gasteiger partial charge in [0, 0.05) is 18.1 Å². The highest BCUT2D eigenvalue weighted by molar-refractivity contribution is 6.31. The van der Waals surface area contributed by atoms with Crippen molar-refractivity contribution >= 4 is 11.6 Å². The molecule has 5 unspecified atom stereocenters. The van der Waals surface area contributed by atoms with Gasteiger partial charge < -0.3 is 19.3 Å². The van der Waals surface area contributed by atoms with Crippen LogP contribution in [0.1, 0.15) is 50.0 Å². The van der Waals surface area contributed by atoms with E-state index in [1.165, 1.54) is 0 Å². The van der Waals surface area contributed by atoms with Crippen molar-refractivity contribution in [3.05, 3.63) is 64.2 Å². The van der Waals surface area contributed by atoms with Crippen LogP contribution in [0.3, 0.4) is 0 Å². The highest BCUT2D eigenvalue weighted by Crippen LogP contribution is 2.40. The molecule has 4 nitrogen and oxygen atoms in total. The molecule has 1 aliphatic heterocycles. The van der Waals surface area contributed by atoms with E-state index < -0.39 is 6.10 Å². The van der Waals surface area contributed by atoms with E-state index in [4.69, 9.17) is 25.8 Å². The van der Waals surface area contributed by atoms with Crippen LogP contribution in [-0.4, -0.2) is 37.1 Å². The van der Waals surface area contributed by atoms with Crippen molar-refractivity contribution in [1.82, 2.24) is 0 Å². The van der Waals surface area contributed by atoms with Crippen LogP contribution in [0.25, 0.3) is 0 Å². The Kier molecular flexibility index (Phi) is 7.58. The molecule has 0 amide bonds. The van der Waals surface area contributed by atoms with Crippen LogP contribution in [0.15, 0.2) is 42.5 Å². The van der Waals surface area contributed by atoms with Gasteiger partial charge in [-0.15, -0.1) is 0 Å². The summed E-state index contributed by atoms with van der Waals surface area (Å²) < 4.78 is 17.3. The fourth-order valence-electron chi connectivity index (χ4n) is 4.22. The summed E-state index contributed by atoms with van der Waals surface area (Å²) in [5, 5.41) is 11.5. The number of rotatable bonds is 7. The molecule has 0 spiro atoms. The molecule has 5 atom stereocenters. The minimum Gasteiger partial charge on any atom is -0.494 e. The monoisotopic (exact) mass is 418 g/mol. The summed E-state index contributed by atoms with van der Waals surface area (Å²) in [7, 11) is 1.62. The maximum Gasteiger partial charge on any atom is 0.119 e. The van der Waals surface area contributed by atoms with Crippen molar-refractivity contribution in [2.45, 2.75) is 58.0 Å². The van der Waals surface area contributed by atoms with E-state index in [0.717, 1.165) is 40.3 Å². The van der Waals surface area contributed by atoms with Crippen molar-refractivity contribution in [3.8, 4) is 5.75 Å². The first-order valence-corrected chi connectivity index (χ1v) is 10.7. The summed E-state index contributed by atoms with van der Waals surface area (Å²) >= 11 is 6.50. The minimum absolute atomic E-state index is 0.0318. The van der Waals surface area contributed by atoms with Crippen molar-refractivity contribution in [2.75, 3.05) is 13.7 Å². The molecule has 158 valence electrons. The maximum atomic E-state index is 10.8. The molecule has 0 aromatic heterocycles. The lowest BCUT2D eigenvalue weighted by Crippen LogP contribution is -2.50. The van der Waals surface area contributed by atoms with Gasteiger partial charge in [0.1, 0.15) is 11.9 Å². The fourth-order valence-corrected chi connectivity index (χ4v) is 4.40. The van der Waals surface area contributed by atoms with Crippen molar-refractivity contribution in [2.24, 2.45) is 5.92 Å². The lowest BCUT2D eigenvalue weighted by atomic mass is 9.81. The number of methoxy groups -OCH3 is 1. The number of benzene rings is 2. The zero-order valence-corrected chi connectivity index (χ0v) is 18.4. The highest BCUT2D eigenvalue weighted by Gasteiger charge is 2.43. The smallest absolute Gasteiger partial charge is 0.119 e. The van der Waals surface area contributed by atoms with Crippen LogP contribution in [0, 0.1) is 5.92 Å². The molecule has 1 saturated heterocycles. The largest absolute Gasteiger partial charge is 0.494 e. The molecule has 1 aliphatic rings. The molecule has 1 fully saturated rings. The number of halogens is 1. The van der Waals surface area contributed by atoms with Gasteiger partial charge in [0.15, 0.2) is 0 Å². The molecule has 0 saturated carbocycles. The van der Waals surface area contributed by atoms with Gasteiger partial charge in [0.25, 0.3) is 0 Å². The normalized spacial score (nSPS) is 27.0. The van der Waals surface area contributed by atoms with Crippen LogP contribution in [0.5, 0.6) is 5.75 Å². The zero-order chi connectivity index (χ0) is 21.0. The molecule has 2 aromatic rings. The molecule has 0 aliphatic carbocycles. The van der Waals surface area contributed by atoms with E-state index in [-0.39, 0.29) is 24.2 Å². The van der Waals surface area contributed by atoms with E-state index in [9.17, 15) is 5.11 Å². The molecule has 1 N–H and O–H groups in total. The van der Waals surface area contributed by atoms with Crippen molar-refractivity contribution in [3.63, 3.8) is 0 Å². The van der Waals surface area contributed by atoms with Gasteiger partial charge in [-0.3, -0.25) is 0 Å². The minimum atomic E-state index is -0.566. The molecule has 3 rings (SSSR count). The second kappa shape index (κ2) is 9.94. The summed E-state index contributed by atoms with van der Waals surface area (Å²) in [6.45, 7) is 6.65. The molecule has 1 heterocycles. The van der Waals surface area contributed by atoms with E-state index >= 15 is 0 Å². The van der Waals surface area contributed by atoms with Crippen LogP contribution in [0.2, 0.25) is 5.02 Å². The number of ether oxygens (including phenoxy) is 3. The summed E-state index contributed by atoms with van der Waals surface area (Å²) in [6, 6.07) is 14.1.